The van der Waals surface area contributed by atoms with E-state index in [1.807, 2.05) is 0 Å². The molecule has 8 nitrogen and oxygen atoms in total. The largest absolute Gasteiger partial charge is 0.465 e. The summed E-state index contributed by atoms with van der Waals surface area (Å²) in [6, 6.07) is 0. The number of piperazine rings is 1. The highest BCUT2D eigenvalue weighted by molar-refractivity contribution is 6.65. The predicted octanol–water partition coefficient (Wildman–Crippen LogP) is 0.0159. The van der Waals surface area contributed by atoms with Gasteiger partial charge >= 0.3 is 23.3 Å². The van der Waals surface area contributed by atoms with Crippen LogP contribution < -0.4 is 0 Å². The van der Waals surface area contributed by atoms with Gasteiger partial charge in [0.1, 0.15) is 0 Å². The van der Waals surface area contributed by atoms with Crippen LogP contribution in [0.1, 0.15) is 6.42 Å². The summed E-state index contributed by atoms with van der Waals surface area (Å²) in [6.07, 6.45) is -0.642. The average Bonchev–Trinajstić information content (AvgIpc) is 2.33. The molecule has 9 heteroatoms. The summed E-state index contributed by atoms with van der Waals surface area (Å²) < 4.78 is 0. The first-order valence-electron chi connectivity index (χ1n) is 5.59. The molecule has 1 heterocycles. The minimum absolute atomic E-state index is 0.0572. The van der Waals surface area contributed by atoms with E-state index in [9.17, 15) is 19.2 Å². The molecule has 0 saturated carbocycles. The fourth-order valence-electron chi connectivity index (χ4n) is 1.65. The first kappa shape index (κ1) is 15.2. The Bertz CT molecular complexity index is 414. The van der Waals surface area contributed by atoms with Crippen LogP contribution in [0.5, 0.6) is 0 Å². The second-order valence-corrected chi connectivity index (χ2v) is 4.38. The van der Waals surface area contributed by atoms with Crippen molar-refractivity contribution in [3.8, 4) is 0 Å². The van der Waals surface area contributed by atoms with Crippen molar-refractivity contribution in [3.05, 3.63) is 0 Å². The Balaban J connectivity index is 2.45. The van der Waals surface area contributed by atoms with E-state index in [2.05, 4.69) is 0 Å². The predicted molar refractivity (Wildman–Crippen MR) is 64.8 cm³/mol. The molecule has 19 heavy (non-hydrogen) atoms. The Morgan fingerprint density at radius 1 is 1.32 bits per heavy atom. The molecule has 1 N–H and O–H groups in total. The molecule has 4 amide bonds. The maximum absolute atomic E-state index is 11.6. The molecule has 106 valence electrons. The van der Waals surface area contributed by atoms with Crippen LogP contribution in [0.4, 0.5) is 9.59 Å². The lowest BCUT2D eigenvalue weighted by molar-refractivity contribution is -0.153. The summed E-state index contributed by atoms with van der Waals surface area (Å²) in [4.78, 5) is 47.6. The SMILES string of the molecule is CN(CCCN1CCN(C(=O)Cl)C(=O)C1=O)C(=O)O. The number of halogens is 1. The molecule has 0 aromatic heterocycles. The molecule has 0 aromatic carbocycles. The van der Waals surface area contributed by atoms with E-state index >= 15 is 0 Å². The van der Waals surface area contributed by atoms with Crippen LogP contribution in [-0.4, -0.2) is 76.3 Å². The van der Waals surface area contributed by atoms with Crippen LogP contribution in [0.15, 0.2) is 0 Å². The lowest BCUT2D eigenvalue weighted by Gasteiger charge is -2.31. The summed E-state index contributed by atoms with van der Waals surface area (Å²) in [5.74, 6) is -1.74. The van der Waals surface area contributed by atoms with Gasteiger partial charge in [-0.05, 0) is 18.0 Å². The Morgan fingerprint density at radius 3 is 2.47 bits per heavy atom. The third-order valence-corrected chi connectivity index (χ3v) is 2.97. The van der Waals surface area contributed by atoms with Crippen molar-refractivity contribution in [2.45, 2.75) is 6.42 Å². The molecule has 0 radical (unpaired) electrons. The third kappa shape index (κ3) is 3.82. The van der Waals surface area contributed by atoms with E-state index in [0.29, 0.717) is 11.3 Å². The summed E-state index contributed by atoms with van der Waals surface area (Å²) in [5, 5.41) is 7.67. The topological polar surface area (TPSA) is 98.2 Å². The van der Waals surface area contributed by atoms with Crippen LogP contribution in [0, 0.1) is 0 Å². The highest BCUT2D eigenvalue weighted by Gasteiger charge is 2.35. The molecule has 0 spiro atoms. The normalized spacial score (nSPS) is 15.7. The quantitative estimate of drug-likeness (QED) is 0.447. The fourth-order valence-corrected chi connectivity index (χ4v) is 1.81. The monoisotopic (exact) mass is 291 g/mol. The number of hydrogen-bond donors (Lipinski definition) is 1. The Hall–Kier alpha value is -1.83. The van der Waals surface area contributed by atoms with Gasteiger partial charge in [-0.2, -0.15) is 0 Å². The molecule has 0 bridgehead atoms. The Labute approximate surface area is 114 Å². The molecule has 1 aliphatic rings. The maximum atomic E-state index is 11.6. The van der Waals surface area contributed by atoms with E-state index in [4.69, 9.17) is 16.7 Å². The van der Waals surface area contributed by atoms with Crippen molar-refractivity contribution in [3.63, 3.8) is 0 Å². The van der Waals surface area contributed by atoms with Gasteiger partial charge in [-0.25, -0.2) is 4.79 Å². The average molecular weight is 292 g/mol. The number of carbonyl (C=O) groups excluding carboxylic acids is 3. The van der Waals surface area contributed by atoms with Gasteiger partial charge in [-0.3, -0.25) is 19.3 Å². The van der Waals surface area contributed by atoms with Crippen LogP contribution in [0.25, 0.3) is 0 Å². The van der Waals surface area contributed by atoms with Crippen LogP contribution >= 0.6 is 11.6 Å². The number of hydrogen-bond acceptors (Lipinski definition) is 4. The summed E-state index contributed by atoms with van der Waals surface area (Å²) >= 11 is 5.17. The molecular weight excluding hydrogens is 278 g/mol. The Morgan fingerprint density at radius 2 is 1.95 bits per heavy atom. The van der Waals surface area contributed by atoms with Crippen LogP contribution in [-0.2, 0) is 9.59 Å². The highest BCUT2D eigenvalue weighted by atomic mass is 35.5. The molecule has 1 fully saturated rings. The molecule has 1 saturated heterocycles. The van der Waals surface area contributed by atoms with E-state index in [-0.39, 0.29) is 26.2 Å². The van der Waals surface area contributed by atoms with Gasteiger partial charge in [-0.1, -0.05) is 0 Å². The summed E-state index contributed by atoms with van der Waals surface area (Å²) in [6.45, 7) is 0.777. The smallest absolute Gasteiger partial charge is 0.407 e. The molecule has 0 aromatic rings. The fraction of sp³-hybridized carbons (Fsp3) is 0.600. The highest BCUT2D eigenvalue weighted by Crippen LogP contribution is 2.08. The van der Waals surface area contributed by atoms with Gasteiger partial charge in [0.25, 0.3) is 0 Å². The summed E-state index contributed by atoms with van der Waals surface area (Å²) in [7, 11) is 1.42. The van der Waals surface area contributed by atoms with Gasteiger partial charge in [0.05, 0.1) is 0 Å². The molecular formula is C10H14ClN3O5. The zero-order valence-corrected chi connectivity index (χ0v) is 11.1. The number of nitrogens with zero attached hydrogens (tertiary/aromatic N) is 3. The van der Waals surface area contributed by atoms with Crippen molar-refractivity contribution in [2.75, 3.05) is 33.2 Å². The van der Waals surface area contributed by atoms with Crippen molar-refractivity contribution in [1.29, 1.82) is 0 Å². The molecule has 1 aliphatic heterocycles. The third-order valence-electron chi connectivity index (χ3n) is 2.77. The number of carbonyl (C=O) groups is 4. The van der Waals surface area contributed by atoms with Crippen LogP contribution in [0.2, 0.25) is 0 Å². The van der Waals surface area contributed by atoms with Gasteiger partial charge < -0.3 is 14.9 Å². The summed E-state index contributed by atoms with van der Waals surface area (Å²) in [5.41, 5.74) is 0. The lowest BCUT2D eigenvalue weighted by Crippen LogP contribution is -2.55. The van der Waals surface area contributed by atoms with Crippen molar-refractivity contribution in [1.82, 2.24) is 14.7 Å². The second kappa shape index (κ2) is 6.37. The lowest BCUT2D eigenvalue weighted by atomic mass is 10.2. The molecule has 0 aliphatic carbocycles. The van der Waals surface area contributed by atoms with Gasteiger partial charge in [0.15, 0.2) is 0 Å². The minimum Gasteiger partial charge on any atom is -0.465 e. The van der Waals surface area contributed by atoms with Crippen molar-refractivity contribution in [2.24, 2.45) is 0 Å². The first-order valence-corrected chi connectivity index (χ1v) is 5.96. The zero-order chi connectivity index (χ0) is 14.6. The van der Waals surface area contributed by atoms with Gasteiger partial charge in [0, 0.05) is 33.2 Å². The second-order valence-electron chi connectivity index (χ2n) is 4.06. The maximum Gasteiger partial charge on any atom is 0.407 e. The van der Waals surface area contributed by atoms with E-state index in [1.54, 1.807) is 0 Å². The standard InChI is InChI=1S/C10H14ClN3O5/c1-12(10(18)19)3-2-4-13-5-6-14(9(11)17)8(16)7(13)15/h2-6H2,1H3,(H,18,19). The number of rotatable bonds is 4. The molecule has 1 rings (SSSR count). The molecule has 0 unspecified atom stereocenters. The number of imide groups is 1. The van der Waals surface area contributed by atoms with E-state index < -0.39 is 23.3 Å². The van der Waals surface area contributed by atoms with Gasteiger partial charge in [-0.15, -0.1) is 0 Å². The van der Waals surface area contributed by atoms with Crippen molar-refractivity contribution < 1.29 is 24.3 Å². The Kier molecular flexibility index (Phi) is 5.11. The minimum atomic E-state index is -1.06. The molecule has 0 atom stereocenters. The number of amides is 4. The van der Waals surface area contributed by atoms with Crippen molar-refractivity contribution >= 4 is 34.9 Å². The zero-order valence-electron chi connectivity index (χ0n) is 10.3. The first-order chi connectivity index (χ1) is 8.84. The number of carboxylic acid groups (broad SMARTS) is 1. The van der Waals surface area contributed by atoms with E-state index in [1.165, 1.54) is 11.9 Å². The van der Waals surface area contributed by atoms with Gasteiger partial charge in [0.2, 0.25) is 0 Å². The van der Waals surface area contributed by atoms with Crippen LogP contribution in [0.3, 0.4) is 0 Å². The van der Waals surface area contributed by atoms with E-state index in [0.717, 1.165) is 4.90 Å².